The second kappa shape index (κ2) is 4.33. The normalized spacial score (nSPS) is 10.2. The predicted molar refractivity (Wildman–Crippen MR) is 56.2 cm³/mol. The van der Waals surface area contributed by atoms with Crippen molar-refractivity contribution in [2.45, 2.75) is 6.92 Å². The molecule has 2 heteroatoms. The highest BCUT2D eigenvalue weighted by molar-refractivity contribution is 6.32. The highest BCUT2D eigenvalue weighted by atomic mass is 35.5. The summed E-state index contributed by atoms with van der Waals surface area (Å²) >= 11 is 5.96. The first-order chi connectivity index (χ1) is 6.20. The van der Waals surface area contributed by atoms with Crippen LogP contribution in [0.4, 0.5) is 0 Å². The maximum atomic E-state index is 5.96. The van der Waals surface area contributed by atoms with Crippen LogP contribution in [0.2, 0.25) is 5.02 Å². The van der Waals surface area contributed by atoms with E-state index in [0.717, 1.165) is 11.5 Å². The van der Waals surface area contributed by atoms with Gasteiger partial charge in [0.15, 0.2) is 0 Å². The monoisotopic (exact) mass is 195 g/mol. The van der Waals surface area contributed by atoms with Gasteiger partial charge >= 0.3 is 0 Å². The van der Waals surface area contributed by atoms with Gasteiger partial charge in [-0.25, -0.2) is 0 Å². The Hall–Kier alpha value is -0.950. The van der Waals surface area contributed by atoms with Crippen molar-refractivity contribution in [2.24, 2.45) is 0 Å². The van der Waals surface area contributed by atoms with Crippen molar-refractivity contribution >= 4 is 11.6 Å². The number of para-hydroxylation sites is 1. The van der Waals surface area contributed by atoms with Crippen LogP contribution in [0.15, 0.2) is 30.9 Å². The van der Waals surface area contributed by atoms with Crippen LogP contribution in [0.25, 0.3) is 0 Å². The van der Waals surface area contributed by atoms with Gasteiger partial charge in [-0.3, -0.25) is 0 Å². The van der Waals surface area contributed by atoms with E-state index in [4.69, 9.17) is 16.3 Å². The largest absolute Gasteiger partial charge is 0.495 e. The molecule has 0 spiro atoms. The SMILES string of the molecule is C=C[C](C)c1cccc(Cl)c1OC. The Kier molecular flexibility index (Phi) is 3.38. The van der Waals surface area contributed by atoms with Crippen molar-refractivity contribution in [3.8, 4) is 5.75 Å². The van der Waals surface area contributed by atoms with Gasteiger partial charge in [-0.2, -0.15) is 0 Å². The van der Waals surface area contributed by atoms with Crippen LogP contribution in [0, 0.1) is 5.92 Å². The number of hydrogen-bond acceptors (Lipinski definition) is 1. The van der Waals surface area contributed by atoms with Gasteiger partial charge in [0.2, 0.25) is 0 Å². The molecule has 0 aliphatic heterocycles. The number of allylic oxidation sites excluding steroid dienone is 1. The molecule has 0 amide bonds. The minimum atomic E-state index is 0.626. The van der Waals surface area contributed by atoms with Gasteiger partial charge in [0.05, 0.1) is 12.1 Å². The molecule has 69 valence electrons. The summed E-state index contributed by atoms with van der Waals surface area (Å²) in [7, 11) is 1.61. The van der Waals surface area contributed by atoms with E-state index in [1.54, 1.807) is 19.3 Å². The van der Waals surface area contributed by atoms with Gasteiger partial charge < -0.3 is 4.74 Å². The Labute approximate surface area is 84.0 Å². The Bertz CT molecular complexity index is 307. The summed E-state index contributed by atoms with van der Waals surface area (Å²) < 4.78 is 5.20. The lowest BCUT2D eigenvalue weighted by atomic mass is 10.0. The Morgan fingerprint density at radius 1 is 1.54 bits per heavy atom. The molecule has 0 fully saturated rings. The van der Waals surface area contributed by atoms with Crippen LogP contribution in [-0.2, 0) is 0 Å². The molecular weight excluding hydrogens is 184 g/mol. The third kappa shape index (κ3) is 2.04. The fourth-order valence-electron chi connectivity index (χ4n) is 1.14. The molecule has 1 aromatic rings. The van der Waals surface area contributed by atoms with E-state index in [1.165, 1.54) is 0 Å². The number of benzene rings is 1. The molecule has 0 N–H and O–H groups in total. The van der Waals surface area contributed by atoms with E-state index in [2.05, 4.69) is 6.58 Å². The summed E-state index contributed by atoms with van der Waals surface area (Å²) in [4.78, 5) is 0. The molecule has 0 aliphatic rings. The number of methoxy groups -OCH3 is 1. The maximum Gasteiger partial charge on any atom is 0.141 e. The zero-order valence-electron chi connectivity index (χ0n) is 7.80. The fraction of sp³-hybridized carbons (Fsp3) is 0.182. The first kappa shape index (κ1) is 10.1. The quantitative estimate of drug-likeness (QED) is 0.718. The molecule has 0 heterocycles. The summed E-state index contributed by atoms with van der Waals surface area (Å²) in [5, 5.41) is 0.626. The minimum Gasteiger partial charge on any atom is -0.495 e. The highest BCUT2D eigenvalue weighted by Gasteiger charge is 2.11. The third-order valence-electron chi connectivity index (χ3n) is 1.90. The Balaban J connectivity index is 3.19. The van der Waals surface area contributed by atoms with Crippen LogP contribution in [0.5, 0.6) is 5.75 Å². The fourth-order valence-corrected chi connectivity index (χ4v) is 1.39. The lowest BCUT2D eigenvalue weighted by molar-refractivity contribution is 0.412. The molecule has 1 nitrogen and oxygen atoms in total. The number of rotatable bonds is 3. The summed E-state index contributed by atoms with van der Waals surface area (Å²) in [6, 6.07) is 5.66. The summed E-state index contributed by atoms with van der Waals surface area (Å²) in [6.07, 6.45) is 1.79. The first-order valence-electron chi connectivity index (χ1n) is 3.99. The molecule has 0 atom stereocenters. The first-order valence-corrected chi connectivity index (χ1v) is 4.37. The lowest BCUT2D eigenvalue weighted by Crippen LogP contribution is -1.95. The van der Waals surface area contributed by atoms with E-state index in [0.29, 0.717) is 10.8 Å². The average Bonchev–Trinajstić information content (AvgIpc) is 2.16. The summed E-state index contributed by atoms with van der Waals surface area (Å²) in [5.74, 6) is 1.76. The van der Waals surface area contributed by atoms with Gasteiger partial charge in [-0.15, -0.1) is 6.58 Å². The molecule has 1 aromatic carbocycles. The lowest BCUT2D eigenvalue weighted by Gasteiger charge is -2.12. The van der Waals surface area contributed by atoms with Gasteiger partial charge in [0, 0.05) is 11.5 Å². The second-order valence-electron chi connectivity index (χ2n) is 2.71. The van der Waals surface area contributed by atoms with Crippen LogP contribution in [-0.4, -0.2) is 7.11 Å². The van der Waals surface area contributed by atoms with Crippen molar-refractivity contribution in [3.63, 3.8) is 0 Å². The topological polar surface area (TPSA) is 9.23 Å². The van der Waals surface area contributed by atoms with Crippen LogP contribution < -0.4 is 4.74 Å². The van der Waals surface area contributed by atoms with Crippen LogP contribution >= 0.6 is 11.6 Å². The van der Waals surface area contributed by atoms with Gasteiger partial charge in [0.1, 0.15) is 5.75 Å². The molecule has 0 saturated heterocycles. The summed E-state index contributed by atoms with van der Waals surface area (Å²) in [5.41, 5.74) is 0.991. The van der Waals surface area contributed by atoms with E-state index in [1.807, 2.05) is 19.1 Å². The van der Waals surface area contributed by atoms with Gasteiger partial charge in [-0.1, -0.05) is 36.7 Å². The molecule has 1 rings (SSSR count). The van der Waals surface area contributed by atoms with Crippen molar-refractivity contribution < 1.29 is 4.74 Å². The minimum absolute atomic E-state index is 0.626. The molecular formula is C11H12ClO. The zero-order valence-corrected chi connectivity index (χ0v) is 8.56. The van der Waals surface area contributed by atoms with E-state index in [9.17, 15) is 0 Å². The molecule has 13 heavy (non-hydrogen) atoms. The predicted octanol–water partition coefficient (Wildman–Crippen LogP) is 3.48. The smallest absolute Gasteiger partial charge is 0.141 e. The maximum absolute atomic E-state index is 5.96. The molecule has 0 unspecified atom stereocenters. The average molecular weight is 196 g/mol. The van der Waals surface area contributed by atoms with E-state index >= 15 is 0 Å². The van der Waals surface area contributed by atoms with Crippen molar-refractivity contribution in [1.29, 1.82) is 0 Å². The number of ether oxygens (including phenoxy) is 1. The second-order valence-corrected chi connectivity index (χ2v) is 3.11. The molecule has 0 aromatic heterocycles. The van der Waals surface area contributed by atoms with Gasteiger partial charge in [-0.05, 0) is 6.07 Å². The summed E-state index contributed by atoms with van der Waals surface area (Å²) in [6.45, 7) is 5.68. The Morgan fingerprint density at radius 2 is 2.23 bits per heavy atom. The number of halogens is 1. The van der Waals surface area contributed by atoms with Crippen LogP contribution in [0.3, 0.4) is 0 Å². The van der Waals surface area contributed by atoms with Crippen molar-refractivity contribution in [2.75, 3.05) is 7.11 Å². The molecule has 0 aliphatic carbocycles. The molecule has 1 radical (unpaired) electrons. The van der Waals surface area contributed by atoms with E-state index < -0.39 is 0 Å². The number of hydrogen-bond donors (Lipinski definition) is 0. The van der Waals surface area contributed by atoms with Crippen molar-refractivity contribution in [1.82, 2.24) is 0 Å². The van der Waals surface area contributed by atoms with Crippen molar-refractivity contribution in [3.05, 3.63) is 47.4 Å². The van der Waals surface area contributed by atoms with Crippen LogP contribution in [0.1, 0.15) is 12.5 Å². The Morgan fingerprint density at radius 3 is 2.77 bits per heavy atom. The molecule has 0 saturated carbocycles. The highest BCUT2D eigenvalue weighted by Crippen LogP contribution is 2.32. The van der Waals surface area contributed by atoms with Gasteiger partial charge in [0.25, 0.3) is 0 Å². The molecule has 0 bridgehead atoms. The standard InChI is InChI=1S/C11H12ClO/c1-4-8(2)9-6-5-7-10(12)11(9)13-3/h4-7H,1H2,2-3H3. The third-order valence-corrected chi connectivity index (χ3v) is 2.20. The van der Waals surface area contributed by atoms with E-state index in [-0.39, 0.29) is 0 Å². The zero-order chi connectivity index (χ0) is 9.84.